The lowest BCUT2D eigenvalue weighted by molar-refractivity contribution is -0.118. The zero-order chi connectivity index (χ0) is 14.5. The van der Waals surface area contributed by atoms with E-state index in [4.69, 9.17) is 22.1 Å². The average Bonchev–Trinajstić information content (AvgIpc) is 2.46. The van der Waals surface area contributed by atoms with Gasteiger partial charge in [0.15, 0.2) is 0 Å². The standard InChI is InChI=1S/C15H15ClN2O2/c1-20-11-6-4-5-10(9-11)14(15(17)19)18-13-8-3-2-7-12(13)16/h2-9,14,18H,1H3,(H2,17,19). The van der Waals surface area contributed by atoms with Crippen LogP contribution in [-0.4, -0.2) is 13.0 Å². The maximum Gasteiger partial charge on any atom is 0.244 e. The molecule has 1 amide bonds. The van der Waals surface area contributed by atoms with Crippen molar-refractivity contribution in [2.75, 3.05) is 12.4 Å². The number of hydrogen-bond acceptors (Lipinski definition) is 3. The Bertz CT molecular complexity index is 616. The third-order valence-corrected chi connectivity index (χ3v) is 3.21. The van der Waals surface area contributed by atoms with Crippen LogP contribution in [0.4, 0.5) is 5.69 Å². The predicted molar refractivity (Wildman–Crippen MR) is 80.0 cm³/mol. The van der Waals surface area contributed by atoms with Gasteiger partial charge in [-0.15, -0.1) is 0 Å². The number of hydrogen-bond donors (Lipinski definition) is 2. The van der Waals surface area contributed by atoms with Crippen LogP contribution in [0.15, 0.2) is 48.5 Å². The first-order valence-electron chi connectivity index (χ1n) is 6.06. The number of para-hydroxylation sites is 1. The molecule has 1 atom stereocenters. The molecule has 0 aromatic heterocycles. The van der Waals surface area contributed by atoms with Gasteiger partial charge in [0, 0.05) is 0 Å². The molecule has 5 heteroatoms. The lowest BCUT2D eigenvalue weighted by Gasteiger charge is -2.18. The maximum atomic E-state index is 11.7. The third kappa shape index (κ3) is 3.22. The number of nitrogens with one attached hydrogen (secondary N) is 1. The second-order valence-corrected chi connectivity index (χ2v) is 4.64. The van der Waals surface area contributed by atoms with Crippen LogP contribution in [0.5, 0.6) is 5.75 Å². The van der Waals surface area contributed by atoms with E-state index in [1.54, 1.807) is 37.4 Å². The summed E-state index contributed by atoms with van der Waals surface area (Å²) in [5, 5.41) is 3.58. The Labute approximate surface area is 122 Å². The highest BCUT2D eigenvalue weighted by Gasteiger charge is 2.19. The Balaban J connectivity index is 2.32. The summed E-state index contributed by atoms with van der Waals surface area (Å²) >= 11 is 6.08. The van der Waals surface area contributed by atoms with E-state index in [1.165, 1.54) is 0 Å². The minimum absolute atomic E-state index is 0.488. The topological polar surface area (TPSA) is 64.3 Å². The van der Waals surface area contributed by atoms with Crippen LogP contribution in [0.1, 0.15) is 11.6 Å². The van der Waals surface area contributed by atoms with E-state index < -0.39 is 11.9 Å². The van der Waals surface area contributed by atoms with Gasteiger partial charge in [0.2, 0.25) is 5.91 Å². The zero-order valence-electron chi connectivity index (χ0n) is 11.0. The second-order valence-electron chi connectivity index (χ2n) is 4.24. The predicted octanol–water partition coefficient (Wildman–Crippen LogP) is 2.99. The molecule has 0 bridgehead atoms. The van der Waals surface area contributed by atoms with Crippen LogP contribution in [0.25, 0.3) is 0 Å². The molecule has 2 aromatic carbocycles. The van der Waals surface area contributed by atoms with Crippen molar-refractivity contribution in [3.63, 3.8) is 0 Å². The van der Waals surface area contributed by atoms with E-state index >= 15 is 0 Å². The lowest BCUT2D eigenvalue weighted by Crippen LogP contribution is -2.27. The molecule has 2 aromatic rings. The van der Waals surface area contributed by atoms with Crippen molar-refractivity contribution >= 4 is 23.2 Å². The number of amides is 1. The van der Waals surface area contributed by atoms with Gasteiger partial charge in [-0.3, -0.25) is 4.79 Å². The van der Waals surface area contributed by atoms with Gasteiger partial charge in [0.1, 0.15) is 11.8 Å². The highest BCUT2D eigenvalue weighted by molar-refractivity contribution is 6.33. The van der Waals surface area contributed by atoms with E-state index in [2.05, 4.69) is 5.32 Å². The summed E-state index contributed by atoms with van der Waals surface area (Å²) in [5.74, 6) is 0.174. The molecule has 0 fully saturated rings. The molecular weight excluding hydrogens is 276 g/mol. The molecule has 0 aliphatic heterocycles. The van der Waals surface area contributed by atoms with Crippen molar-refractivity contribution in [1.29, 1.82) is 0 Å². The Morgan fingerprint density at radius 1 is 1.25 bits per heavy atom. The molecule has 0 spiro atoms. The minimum Gasteiger partial charge on any atom is -0.497 e. The maximum absolute atomic E-state index is 11.7. The normalized spacial score (nSPS) is 11.7. The monoisotopic (exact) mass is 290 g/mol. The quantitative estimate of drug-likeness (QED) is 0.890. The van der Waals surface area contributed by atoms with E-state index in [1.807, 2.05) is 18.2 Å². The number of carbonyl (C=O) groups is 1. The molecular formula is C15H15ClN2O2. The summed E-state index contributed by atoms with van der Waals surface area (Å²) in [6, 6.07) is 13.7. The summed E-state index contributed by atoms with van der Waals surface area (Å²) in [7, 11) is 1.57. The molecule has 2 rings (SSSR count). The molecule has 104 valence electrons. The number of rotatable bonds is 5. The van der Waals surface area contributed by atoms with Crippen LogP contribution >= 0.6 is 11.6 Å². The van der Waals surface area contributed by atoms with Crippen molar-refractivity contribution < 1.29 is 9.53 Å². The Kier molecular flexibility index (Phi) is 4.48. The second kappa shape index (κ2) is 6.30. The highest BCUT2D eigenvalue weighted by atomic mass is 35.5. The molecule has 0 saturated heterocycles. The lowest BCUT2D eigenvalue weighted by atomic mass is 10.1. The van der Waals surface area contributed by atoms with E-state index in [0.29, 0.717) is 16.5 Å². The molecule has 4 nitrogen and oxygen atoms in total. The van der Waals surface area contributed by atoms with Gasteiger partial charge in [0.25, 0.3) is 0 Å². The molecule has 0 aliphatic carbocycles. The van der Waals surface area contributed by atoms with Crippen molar-refractivity contribution in [2.24, 2.45) is 5.73 Å². The van der Waals surface area contributed by atoms with Gasteiger partial charge in [-0.1, -0.05) is 35.9 Å². The molecule has 1 unspecified atom stereocenters. The van der Waals surface area contributed by atoms with Crippen LogP contribution in [0.2, 0.25) is 5.02 Å². The number of anilines is 1. The number of benzene rings is 2. The van der Waals surface area contributed by atoms with Crippen molar-refractivity contribution in [1.82, 2.24) is 0 Å². The van der Waals surface area contributed by atoms with Crippen molar-refractivity contribution in [3.05, 3.63) is 59.1 Å². The summed E-state index contributed by atoms with van der Waals surface area (Å²) < 4.78 is 5.15. The van der Waals surface area contributed by atoms with Gasteiger partial charge in [-0.2, -0.15) is 0 Å². The fourth-order valence-corrected chi connectivity index (χ4v) is 2.06. The van der Waals surface area contributed by atoms with Gasteiger partial charge in [0.05, 0.1) is 17.8 Å². The summed E-state index contributed by atoms with van der Waals surface area (Å²) in [6.45, 7) is 0. The van der Waals surface area contributed by atoms with Crippen LogP contribution in [0, 0.1) is 0 Å². The first-order chi connectivity index (χ1) is 9.61. The zero-order valence-corrected chi connectivity index (χ0v) is 11.7. The van der Waals surface area contributed by atoms with E-state index in [-0.39, 0.29) is 0 Å². The Morgan fingerprint density at radius 2 is 2.00 bits per heavy atom. The highest BCUT2D eigenvalue weighted by Crippen LogP contribution is 2.27. The largest absolute Gasteiger partial charge is 0.497 e. The molecule has 3 N–H and O–H groups in total. The number of ether oxygens (including phenoxy) is 1. The fourth-order valence-electron chi connectivity index (χ4n) is 1.87. The van der Waals surface area contributed by atoms with Gasteiger partial charge >= 0.3 is 0 Å². The Morgan fingerprint density at radius 3 is 2.65 bits per heavy atom. The Hall–Kier alpha value is -2.20. The van der Waals surface area contributed by atoms with Gasteiger partial charge in [-0.25, -0.2) is 0 Å². The van der Waals surface area contributed by atoms with Crippen molar-refractivity contribution in [2.45, 2.75) is 6.04 Å². The van der Waals surface area contributed by atoms with E-state index in [9.17, 15) is 4.79 Å². The van der Waals surface area contributed by atoms with Crippen LogP contribution in [0.3, 0.4) is 0 Å². The average molecular weight is 291 g/mol. The van der Waals surface area contributed by atoms with Crippen LogP contribution in [-0.2, 0) is 4.79 Å². The number of primary amides is 1. The third-order valence-electron chi connectivity index (χ3n) is 2.89. The summed E-state index contributed by atoms with van der Waals surface area (Å²) in [4.78, 5) is 11.7. The first kappa shape index (κ1) is 14.2. The summed E-state index contributed by atoms with van der Waals surface area (Å²) in [6.07, 6.45) is 0. The number of methoxy groups -OCH3 is 1. The fraction of sp³-hybridized carbons (Fsp3) is 0.133. The molecule has 0 aliphatic rings. The van der Waals surface area contributed by atoms with Crippen LogP contribution < -0.4 is 15.8 Å². The molecule has 0 saturated carbocycles. The number of carbonyl (C=O) groups excluding carboxylic acids is 1. The molecule has 0 radical (unpaired) electrons. The van der Waals surface area contributed by atoms with Gasteiger partial charge in [-0.05, 0) is 29.8 Å². The summed E-state index contributed by atoms with van der Waals surface area (Å²) in [5.41, 5.74) is 6.85. The number of halogens is 1. The molecule has 0 heterocycles. The molecule has 20 heavy (non-hydrogen) atoms. The minimum atomic E-state index is -0.676. The first-order valence-corrected chi connectivity index (χ1v) is 6.44. The van der Waals surface area contributed by atoms with E-state index in [0.717, 1.165) is 5.56 Å². The SMILES string of the molecule is COc1cccc(C(Nc2ccccc2Cl)C(N)=O)c1. The van der Waals surface area contributed by atoms with Gasteiger partial charge < -0.3 is 15.8 Å². The smallest absolute Gasteiger partial charge is 0.244 e. The number of nitrogens with two attached hydrogens (primary N) is 1. The van der Waals surface area contributed by atoms with Crippen molar-refractivity contribution in [3.8, 4) is 5.75 Å².